The lowest BCUT2D eigenvalue weighted by atomic mass is 10.0. The summed E-state index contributed by atoms with van der Waals surface area (Å²) in [7, 11) is 0. The van der Waals surface area contributed by atoms with Gasteiger partial charge in [-0.1, -0.05) is 39.8 Å². The van der Waals surface area contributed by atoms with Gasteiger partial charge in [0.05, 0.1) is 1.37 Å². The average Bonchev–Trinajstić information content (AvgIpc) is 2.56. The summed E-state index contributed by atoms with van der Waals surface area (Å²) in [5.41, 5.74) is 1.33. The van der Waals surface area contributed by atoms with Gasteiger partial charge in [-0.2, -0.15) is 0 Å². The zero-order chi connectivity index (χ0) is 11.9. The first-order valence-corrected chi connectivity index (χ1v) is 6.35. The molecule has 0 unspecified atom stereocenters. The fourth-order valence-electron chi connectivity index (χ4n) is 1.63. The molecule has 2 aromatic rings. The van der Waals surface area contributed by atoms with Crippen LogP contribution < -0.4 is 0 Å². The summed E-state index contributed by atoms with van der Waals surface area (Å²) in [4.78, 5) is 1.20. The molecule has 0 fully saturated rings. The molecule has 80 valence electrons. The van der Waals surface area contributed by atoms with Crippen molar-refractivity contribution >= 4 is 21.4 Å². The van der Waals surface area contributed by atoms with E-state index in [9.17, 15) is 0 Å². The summed E-state index contributed by atoms with van der Waals surface area (Å²) in [5.74, 6) is 0.985. The highest BCUT2D eigenvalue weighted by Gasteiger charge is 2.06. The third kappa shape index (κ3) is 2.07. The topological polar surface area (TPSA) is 0 Å². The van der Waals surface area contributed by atoms with Crippen LogP contribution in [0.4, 0.5) is 0 Å². The predicted octanol–water partition coefficient (Wildman–Crippen LogP) is 5.15. The van der Waals surface area contributed by atoms with Gasteiger partial charge in [-0.25, -0.2) is 0 Å². The van der Waals surface area contributed by atoms with E-state index in [1.165, 1.54) is 15.1 Å². The van der Waals surface area contributed by atoms with E-state index in [1.807, 2.05) is 0 Å². The molecule has 15 heavy (non-hydrogen) atoms. The molecule has 0 spiro atoms. The summed E-state index contributed by atoms with van der Waals surface area (Å²) in [5, 5.41) is 1.12. The molecule has 0 atom stereocenters. The number of fused-ring (bicyclic) bond motifs is 1. The highest BCUT2D eigenvalue weighted by atomic mass is 32.1. The van der Waals surface area contributed by atoms with Gasteiger partial charge < -0.3 is 0 Å². The van der Waals surface area contributed by atoms with Crippen molar-refractivity contribution in [3.05, 3.63) is 34.7 Å². The van der Waals surface area contributed by atoms with Gasteiger partial charge in [-0.05, 0) is 34.9 Å². The lowest BCUT2D eigenvalue weighted by molar-refractivity contribution is 0.868. The Morgan fingerprint density at radius 2 is 1.87 bits per heavy atom. The third-order valence-corrected chi connectivity index (χ3v) is 4.04. The van der Waals surface area contributed by atoms with Crippen molar-refractivity contribution < 1.29 is 1.37 Å². The Bertz CT molecular complexity index is 509. The van der Waals surface area contributed by atoms with Crippen molar-refractivity contribution in [2.75, 3.05) is 0 Å². The molecule has 0 radical (unpaired) electrons. The van der Waals surface area contributed by atoms with Crippen molar-refractivity contribution in [2.24, 2.45) is 0 Å². The summed E-state index contributed by atoms with van der Waals surface area (Å²) < 4.78 is 9.45. The van der Waals surface area contributed by atoms with Gasteiger partial charge >= 0.3 is 0 Å². The molecule has 1 aromatic carbocycles. The molecule has 0 saturated carbocycles. The van der Waals surface area contributed by atoms with Gasteiger partial charge in [0.1, 0.15) is 0 Å². The van der Waals surface area contributed by atoms with Gasteiger partial charge in [0.15, 0.2) is 0 Å². The highest BCUT2D eigenvalue weighted by molar-refractivity contribution is 7.19. The van der Waals surface area contributed by atoms with Crippen LogP contribution in [0.15, 0.2) is 24.2 Å². The predicted molar refractivity (Wildman–Crippen MR) is 70.0 cm³/mol. The van der Waals surface area contributed by atoms with E-state index in [2.05, 4.69) is 45.9 Å². The van der Waals surface area contributed by atoms with Crippen LogP contribution in [0.5, 0.6) is 0 Å². The van der Waals surface area contributed by atoms with E-state index in [4.69, 9.17) is 1.37 Å². The second-order valence-electron chi connectivity index (χ2n) is 4.66. The van der Waals surface area contributed by atoms with Crippen LogP contribution in [-0.2, 0) is 0 Å². The minimum absolute atomic E-state index is 0.451. The Kier molecular flexibility index (Phi) is 2.49. The average molecular weight is 219 g/mol. The van der Waals surface area contributed by atoms with Gasteiger partial charge in [-0.3, -0.25) is 0 Å². The van der Waals surface area contributed by atoms with E-state index in [0.29, 0.717) is 11.8 Å². The van der Waals surface area contributed by atoms with Crippen LogP contribution in [0.25, 0.3) is 10.1 Å². The molecule has 2 rings (SSSR count). The summed E-state index contributed by atoms with van der Waals surface area (Å²) in [6.07, 6.45) is 0. The van der Waals surface area contributed by atoms with E-state index in [0.717, 1.165) is 11.4 Å². The Morgan fingerprint density at radius 1 is 1.13 bits per heavy atom. The molecule has 0 saturated heterocycles. The molecule has 0 bridgehead atoms. The first-order valence-electron chi connectivity index (χ1n) is 6.03. The van der Waals surface area contributed by atoms with Crippen LogP contribution in [0, 0.1) is 0 Å². The van der Waals surface area contributed by atoms with Gasteiger partial charge in [-0.15, -0.1) is 11.3 Å². The molecule has 0 nitrogen and oxygen atoms in total. The normalized spacial score (nSPS) is 12.8. The highest BCUT2D eigenvalue weighted by Crippen LogP contribution is 2.32. The van der Waals surface area contributed by atoms with Crippen molar-refractivity contribution in [3.63, 3.8) is 0 Å². The minimum atomic E-state index is 0.451. The van der Waals surface area contributed by atoms with E-state index < -0.39 is 0 Å². The van der Waals surface area contributed by atoms with Gasteiger partial charge in [0, 0.05) is 9.58 Å². The van der Waals surface area contributed by atoms with E-state index in [1.54, 1.807) is 11.3 Å². The second kappa shape index (κ2) is 3.97. The van der Waals surface area contributed by atoms with E-state index >= 15 is 0 Å². The number of rotatable bonds is 2. The molecular formula is C14H18S. The van der Waals surface area contributed by atoms with Gasteiger partial charge in [0.25, 0.3) is 0 Å². The number of benzene rings is 1. The number of thiophene rings is 1. The fourth-order valence-corrected chi connectivity index (χ4v) is 2.62. The molecule has 1 heterocycles. The Morgan fingerprint density at radius 3 is 2.47 bits per heavy atom. The Hall–Kier alpha value is -0.820. The molecule has 0 aliphatic rings. The third-order valence-electron chi connectivity index (χ3n) is 2.67. The first kappa shape index (κ1) is 9.41. The standard InChI is InChI=1S/C14H18S/c1-9(2)11-5-6-13-12(7-11)8-14(15-13)10(3)4/h5-10H,1-4H3/i8D. The van der Waals surface area contributed by atoms with Crippen LogP contribution in [0.1, 0.15) is 51.3 Å². The first-order chi connectivity index (χ1) is 7.50. The molecular weight excluding hydrogens is 200 g/mol. The maximum atomic E-state index is 8.20. The van der Waals surface area contributed by atoms with Crippen molar-refractivity contribution in [2.45, 2.75) is 39.5 Å². The number of hydrogen-bond donors (Lipinski definition) is 0. The Balaban J connectivity index is 2.64. The zero-order valence-electron chi connectivity index (χ0n) is 10.8. The SMILES string of the molecule is [2H]c1c(C(C)C)sc2ccc(C(C)C)cc12. The molecule has 0 aliphatic carbocycles. The minimum Gasteiger partial charge on any atom is -0.140 e. The van der Waals surface area contributed by atoms with Gasteiger partial charge in [0.2, 0.25) is 0 Å². The lowest BCUT2D eigenvalue weighted by Crippen LogP contribution is -1.84. The van der Waals surface area contributed by atoms with Crippen LogP contribution in [-0.4, -0.2) is 0 Å². The second-order valence-corrected chi connectivity index (χ2v) is 5.74. The smallest absolute Gasteiger partial charge is 0.0641 e. The van der Waals surface area contributed by atoms with Crippen molar-refractivity contribution in [1.29, 1.82) is 0 Å². The molecule has 1 aromatic heterocycles. The molecule has 0 N–H and O–H groups in total. The largest absolute Gasteiger partial charge is 0.140 e. The lowest BCUT2D eigenvalue weighted by Gasteiger charge is -2.03. The number of hydrogen-bond acceptors (Lipinski definition) is 1. The maximum absolute atomic E-state index is 8.20. The monoisotopic (exact) mass is 219 g/mol. The van der Waals surface area contributed by atoms with Crippen molar-refractivity contribution in [3.8, 4) is 0 Å². The van der Waals surface area contributed by atoms with Crippen LogP contribution >= 0.6 is 11.3 Å². The van der Waals surface area contributed by atoms with E-state index in [-0.39, 0.29) is 0 Å². The fraction of sp³-hybridized carbons (Fsp3) is 0.429. The zero-order valence-corrected chi connectivity index (χ0v) is 10.6. The summed E-state index contributed by atoms with van der Waals surface area (Å²) >= 11 is 1.76. The summed E-state index contributed by atoms with van der Waals surface area (Å²) in [6, 6.07) is 7.27. The maximum Gasteiger partial charge on any atom is 0.0641 e. The van der Waals surface area contributed by atoms with Crippen molar-refractivity contribution in [1.82, 2.24) is 0 Å². The Labute approximate surface area is 97.3 Å². The quantitative estimate of drug-likeness (QED) is 0.655. The molecule has 0 aliphatic heterocycles. The molecule has 0 amide bonds. The van der Waals surface area contributed by atoms with Crippen LogP contribution in [0.2, 0.25) is 0 Å². The summed E-state index contributed by atoms with van der Waals surface area (Å²) in [6.45, 7) is 8.71. The van der Waals surface area contributed by atoms with Crippen LogP contribution in [0.3, 0.4) is 0 Å². The molecule has 1 heteroatoms.